The van der Waals surface area contributed by atoms with E-state index >= 15 is 0 Å². The zero-order chi connectivity index (χ0) is 11.6. The van der Waals surface area contributed by atoms with Gasteiger partial charge in [0, 0.05) is 5.56 Å². The first-order valence-corrected chi connectivity index (χ1v) is 4.32. The Bertz CT molecular complexity index is 426. The van der Waals surface area contributed by atoms with Crippen LogP contribution in [-0.2, 0) is 4.74 Å². The third-order valence-corrected chi connectivity index (χ3v) is 2.16. The van der Waals surface area contributed by atoms with Gasteiger partial charge < -0.3 is 4.74 Å². The van der Waals surface area contributed by atoms with Crippen molar-refractivity contribution in [2.24, 2.45) is 0 Å². The van der Waals surface area contributed by atoms with Crippen molar-refractivity contribution in [1.82, 2.24) is 0 Å². The van der Waals surface area contributed by atoms with Gasteiger partial charge in [0.15, 0.2) is 0 Å². The van der Waals surface area contributed by atoms with Crippen LogP contribution in [0.1, 0.15) is 21.5 Å². The van der Waals surface area contributed by atoms with E-state index in [0.717, 1.165) is 0 Å². The Morgan fingerprint density at radius 1 is 1.33 bits per heavy atom. The van der Waals surface area contributed by atoms with Gasteiger partial charge >= 0.3 is 5.97 Å². The maximum Gasteiger partial charge on any atom is 0.345 e. The first-order chi connectivity index (χ1) is 6.99. The summed E-state index contributed by atoms with van der Waals surface area (Å²) in [5.74, 6) is -0.678. The lowest BCUT2D eigenvalue weighted by atomic mass is 10.0. The van der Waals surface area contributed by atoms with E-state index in [1.54, 1.807) is 26.0 Å². The summed E-state index contributed by atoms with van der Waals surface area (Å²) in [7, 11) is 1.20. The monoisotopic (exact) mass is 209 g/mol. The number of nitro benzene ring substituents is 1. The fourth-order valence-electron chi connectivity index (χ4n) is 1.39. The molecular formula is C10H11NO4. The molecule has 0 N–H and O–H groups in total. The third-order valence-electron chi connectivity index (χ3n) is 2.16. The first-order valence-electron chi connectivity index (χ1n) is 4.32. The summed E-state index contributed by atoms with van der Waals surface area (Å²) in [5, 5.41) is 10.8. The Morgan fingerprint density at radius 2 is 1.87 bits per heavy atom. The topological polar surface area (TPSA) is 69.4 Å². The predicted octanol–water partition coefficient (Wildman–Crippen LogP) is 2.00. The van der Waals surface area contributed by atoms with Crippen molar-refractivity contribution >= 4 is 11.7 Å². The molecule has 0 bridgehead atoms. The average Bonchev–Trinajstić information content (AvgIpc) is 2.19. The number of carbonyl (C=O) groups is 1. The van der Waals surface area contributed by atoms with Crippen LogP contribution in [0.15, 0.2) is 12.1 Å². The van der Waals surface area contributed by atoms with Crippen LogP contribution in [0.3, 0.4) is 0 Å². The van der Waals surface area contributed by atoms with E-state index < -0.39 is 10.9 Å². The second-order valence-corrected chi connectivity index (χ2v) is 3.17. The molecule has 0 saturated heterocycles. The molecule has 0 atom stereocenters. The number of esters is 1. The Kier molecular flexibility index (Phi) is 3.04. The SMILES string of the molecule is COC(=O)c1c(C)ccc(C)c1[N+](=O)[O-]. The van der Waals surface area contributed by atoms with Gasteiger partial charge in [0.1, 0.15) is 5.56 Å². The third kappa shape index (κ3) is 1.96. The van der Waals surface area contributed by atoms with E-state index in [-0.39, 0.29) is 11.3 Å². The predicted molar refractivity (Wildman–Crippen MR) is 53.9 cm³/mol. The zero-order valence-electron chi connectivity index (χ0n) is 8.73. The Hall–Kier alpha value is -1.91. The van der Waals surface area contributed by atoms with Gasteiger partial charge in [-0.05, 0) is 19.4 Å². The van der Waals surface area contributed by atoms with Crippen LogP contribution in [0.4, 0.5) is 5.69 Å². The number of rotatable bonds is 2. The van der Waals surface area contributed by atoms with Crippen molar-refractivity contribution in [3.05, 3.63) is 38.9 Å². The fourth-order valence-corrected chi connectivity index (χ4v) is 1.39. The molecule has 0 saturated carbocycles. The van der Waals surface area contributed by atoms with Crippen molar-refractivity contribution in [1.29, 1.82) is 0 Å². The average molecular weight is 209 g/mol. The molecule has 5 heteroatoms. The molecule has 1 aromatic rings. The molecule has 0 heterocycles. The van der Waals surface area contributed by atoms with Crippen LogP contribution in [0.25, 0.3) is 0 Å². The minimum atomic E-state index is -0.678. The molecule has 80 valence electrons. The van der Waals surface area contributed by atoms with Crippen molar-refractivity contribution in [3.8, 4) is 0 Å². The van der Waals surface area contributed by atoms with E-state index in [1.165, 1.54) is 7.11 Å². The van der Waals surface area contributed by atoms with Gasteiger partial charge in [-0.3, -0.25) is 10.1 Å². The summed E-state index contributed by atoms with van der Waals surface area (Å²) in [6.45, 7) is 3.22. The van der Waals surface area contributed by atoms with Crippen molar-refractivity contribution < 1.29 is 14.5 Å². The minimum Gasteiger partial charge on any atom is -0.465 e. The van der Waals surface area contributed by atoms with Crippen LogP contribution in [0, 0.1) is 24.0 Å². The molecule has 0 spiro atoms. The van der Waals surface area contributed by atoms with Crippen LogP contribution >= 0.6 is 0 Å². The highest BCUT2D eigenvalue weighted by molar-refractivity contribution is 5.96. The molecule has 0 aliphatic rings. The van der Waals surface area contributed by atoms with Crippen molar-refractivity contribution in [3.63, 3.8) is 0 Å². The van der Waals surface area contributed by atoms with E-state index in [2.05, 4.69) is 4.74 Å². The zero-order valence-corrected chi connectivity index (χ0v) is 8.73. The number of hydrogen-bond acceptors (Lipinski definition) is 4. The molecular weight excluding hydrogens is 198 g/mol. The number of nitrogens with zero attached hydrogens (tertiary/aromatic N) is 1. The number of methoxy groups -OCH3 is 1. The molecule has 0 radical (unpaired) electrons. The van der Waals surface area contributed by atoms with Gasteiger partial charge in [-0.1, -0.05) is 12.1 Å². The van der Waals surface area contributed by atoms with E-state index in [9.17, 15) is 14.9 Å². The Morgan fingerprint density at radius 3 is 2.33 bits per heavy atom. The largest absolute Gasteiger partial charge is 0.465 e. The van der Waals surface area contributed by atoms with Crippen LogP contribution in [-0.4, -0.2) is 18.0 Å². The highest BCUT2D eigenvalue weighted by Crippen LogP contribution is 2.26. The van der Waals surface area contributed by atoms with Gasteiger partial charge in [0.05, 0.1) is 12.0 Å². The quantitative estimate of drug-likeness (QED) is 0.424. The van der Waals surface area contributed by atoms with Gasteiger partial charge in [-0.2, -0.15) is 0 Å². The molecule has 0 amide bonds. The number of hydrogen-bond donors (Lipinski definition) is 0. The molecule has 0 unspecified atom stereocenters. The standard InChI is InChI=1S/C10H11NO4/c1-6-4-5-7(2)9(11(13)14)8(6)10(12)15-3/h4-5H,1-3H3. The van der Waals surface area contributed by atoms with Gasteiger partial charge in [0.25, 0.3) is 5.69 Å². The van der Waals surface area contributed by atoms with Crippen LogP contribution < -0.4 is 0 Å². The van der Waals surface area contributed by atoms with Crippen molar-refractivity contribution in [2.45, 2.75) is 13.8 Å². The number of ether oxygens (including phenoxy) is 1. The van der Waals surface area contributed by atoms with E-state index in [0.29, 0.717) is 11.1 Å². The van der Waals surface area contributed by atoms with Crippen LogP contribution in [0.5, 0.6) is 0 Å². The van der Waals surface area contributed by atoms with Crippen molar-refractivity contribution in [2.75, 3.05) is 7.11 Å². The van der Waals surface area contributed by atoms with Gasteiger partial charge in [0.2, 0.25) is 0 Å². The molecule has 0 fully saturated rings. The van der Waals surface area contributed by atoms with E-state index in [1.807, 2.05) is 0 Å². The highest BCUT2D eigenvalue weighted by atomic mass is 16.6. The molecule has 0 aliphatic heterocycles. The van der Waals surface area contributed by atoms with Crippen LogP contribution in [0.2, 0.25) is 0 Å². The summed E-state index contributed by atoms with van der Waals surface area (Å²) in [6, 6.07) is 3.27. The van der Waals surface area contributed by atoms with E-state index in [4.69, 9.17) is 0 Å². The number of aryl methyl sites for hydroxylation is 2. The lowest BCUT2D eigenvalue weighted by Crippen LogP contribution is -2.09. The van der Waals surface area contributed by atoms with Gasteiger partial charge in [-0.15, -0.1) is 0 Å². The number of benzene rings is 1. The normalized spacial score (nSPS) is 9.80. The number of carbonyl (C=O) groups excluding carboxylic acids is 1. The Labute approximate surface area is 86.8 Å². The molecule has 1 rings (SSSR count). The molecule has 0 aliphatic carbocycles. The lowest BCUT2D eigenvalue weighted by molar-refractivity contribution is -0.385. The summed E-state index contributed by atoms with van der Waals surface area (Å²) < 4.78 is 4.52. The second-order valence-electron chi connectivity index (χ2n) is 3.17. The summed E-state index contributed by atoms with van der Waals surface area (Å²) in [4.78, 5) is 21.6. The smallest absolute Gasteiger partial charge is 0.345 e. The maximum atomic E-state index is 11.4. The Balaban J connectivity index is 3.52. The lowest BCUT2D eigenvalue weighted by Gasteiger charge is -2.06. The summed E-state index contributed by atoms with van der Waals surface area (Å²) in [5.41, 5.74) is 0.842. The fraction of sp³-hybridized carbons (Fsp3) is 0.300. The maximum absolute atomic E-state index is 11.4. The second kappa shape index (κ2) is 4.08. The number of nitro groups is 1. The summed E-state index contributed by atoms with van der Waals surface area (Å²) in [6.07, 6.45) is 0. The molecule has 0 aromatic heterocycles. The summed E-state index contributed by atoms with van der Waals surface area (Å²) >= 11 is 0. The molecule has 1 aromatic carbocycles. The minimum absolute atomic E-state index is 0.0301. The highest BCUT2D eigenvalue weighted by Gasteiger charge is 2.25. The molecule has 15 heavy (non-hydrogen) atoms. The van der Waals surface area contributed by atoms with Gasteiger partial charge in [-0.25, -0.2) is 4.79 Å². The first kappa shape index (κ1) is 11.2. The molecule has 5 nitrogen and oxygen atoms in total.